The lowest BCUT2D eigenvalue weighted by Gasteiger charge is -2.34. The third-order valence-electron chi connectivity index (χ3n) is 4.24. The van der Waals surface area contributed by atoms with Crippen LogP contribution in [0.5, 0.6) is 0 Å². The van der Waals surface area contributed by atoms with Crippen LogP contribution in [0.4, 0.5) is 5.82 Å². The monoisotopic (exact) mass is 291 g/mol. The molecule has 4 heteroatoms. The maximum atomic E-state index is 9.35. The van der Waals surface area contributed by atoms with E-state index in [1.807, 2.05) is 6.20 Å². The van der Waals surface area contributed by atoms with Gasteiger partial charge in [-0.2, -0.15) is 0 Å². The Morgan fingerprint density at radius 1 is 1.33 bits per heavy atom. The van der Waals surface area contributed by atoms with Gasteiger partial charge in [0, 0.05) is 31.9 Å². The molecule has 21 heavy (non-hydrogen) atoms. The fourth-order valence-electron chi connectivity index (χ4n) is 3.12. The number of nitrogens with one attached hydrogen (secondary N) is 1. The highest BCUT2D eigenvalue weighted by Gasteiger charge is 2.20. The molecule has 0 saturated heterocycles. The van der Waals surface area contributed by atoms with Crippen LogP contribution in [-0.4, -0.2) is 40.7 Å². The molecule has 0 spiro atoms. The molecule has 1 fully saturated rings. The maximum Gasteiger partial charge on any atom is 0.126 e. The van der Waals surface area contributed by atoms with Gasteiger partial charge >= 0.3 is 0 Å². The molecule has 1 heterocycles. The molecule has 1 aromatic rings. The summed E-state index contributed by atoms with van der Waals surface area (Å²) in [4.78, 5) is 6.81. The highest BCUT2D eigenvalue weighted by Crippen LogP contribution is 2.24. The maximum absolute atomic E-state index is 9.35. The van der Waals surface area contributed by atoms with Gasteiger partial charge in [-0.15, -0.1) is 0 Å². The number of aliphatic hydroxyl groups excluding tert-OH is 1. The van der Waals surface area contributed by atoms with Crippen LogP contribution >= 0.6 is 0 Å². The minimum atomic E-state index is 0.239. The molecule has 0 unspecified atom stereocenters. The van der Waals surface area contributed by atoms with Gasteiger partial charge in [0.15, 0.2) is 0 Å². The van der Waals surface area contributed by atoms with Crippen LogP contribution in [0.2, 0.25) is 0 Å². The van der Waals surface area contributed by atoms with Crippen LogP contribution in [0.25, 0.3) is 0 Å². The van der Waals surface area contributed by atoms with Crippen molar-refractivity contribution in [2.45, 2.75) is 58.0 Å². The SMILES string of the molecule is CCCNc1cc(CN(CCO)C2CCCCC2)ccn1. The third-order valence-corrected chi connectivity index (χ3v) is 4.24. The Bertz CT molecular complexity index is 405. The van der Waals surface area contributed by atoms with E-state index in [9.17, 15) is 5.11 Å². The Morgan fingerprint density at radius 3 is 2.86 bits per heavy atom. The Balaban J connectivity index is 1.98. The van der Waals surface area contributed by atoms with Gasteiger partial charge in [0.1, 0.15) is 5.82 Å². The lowest BCUT2D eigenvalue weighted by Crippen LogP contribution is -2.38. The zero-order valence-corrected chi connectivity index (χ0v) is 13.2. The third kappa shape index (κ3) is 5.29. The number of rotatable bonds is 8. The molecule has 118 valence electrons. The number of aromatic nitrogens is 1. The van der Waals surface area contributed by atoms with Crippen molar-refractivity contribution in [1.82, 2.24) is 9.88 Å². The second-order valence-electron chi connectivity index (χ2n) is 5.96. The van der Waals surface area contributed by atoms with Crippen molar-refractivity contribution < 1.29 is 5.11 Å². The number of pyridine rings is 1. The van der Waals surface area contributed by atoms with Gasteiger partial charge in [0.25, 0.3) is 0 Å². The predicted molar refractivity (Wildman–Crippen MR) is 87.4 cm³/mol. The molecule has 2 N–H and O–H groups in total. The first-order valence-electron chi connectivity index (χ1n) is 8.37. The van der Waals surface area contributed by atoms with Crippen LogP contribution in [0, 0.1) is 0 Å². The van der Waals surface area contributed by atoms with Gasteiger partial charge in [0.05, 0.1) is 6.61 Å². The summed E-state index contributed by atoms with van der Waals surface area (Å²) in [6, 6.07) is 4.86. The lowest BCUT2D eigenvalue weighted by atomic mass is 9.94. The van der Waals surface area contributed by atoms with Gasteiger partial charge in [-0.25, -0.2) is 4.98 Å². The normalized spacial score (nSPS) is 16.3. The zero-order valence-electron chi connectivity index (χ0n) is 13.2. The summed E-state index contributed by atoms with van der Waals surface area (Å²) in [7, 11) is 0. The smallest absolute Gasteiger partial charge is 0.126 e. The summed E-state index contributed by atoms with van der Waals surface area (Å²) in [5.74, 6) is 0.960. The summed E-state index contributed by atoms with van der Waals surface area (Å²) in [5, 5.41) is 12.7. The van der Waals surface area contributed by atoms with E-state index >= 15 is 0 Å². The van der Waals surface area contributed by atoms with Gasteiger partial charge in [-0.1, -0.05) is 26.2 Å². The largest absolute Gasteiger partial charge is 0.395 e. The summed E-state index contributed by atoms with van der Waals surface area (Å²) >= 11 is 0. The molecule has 0 radical (unpaired) electrons. The van der Waals surface area contributed by atoms with Crippen LogP contribution in [0.1, 0.15) is 51.0 Å². The van der Waals surface area contributed by atoms with Gasteiger partial charge < -0.3 is 10.4 Å². The number of nitrogens with zero attached hydrogens (tertiary/aromatic N) is 2. The minimum Gasteiger partial charge on any atom is -0.395 e. The van der Waals surface area contributed by atoms with E-state index in [0.717, 1.165) is 31.9 Å². The van der Waals surface area contributed by atoms with Crippen LogP contribution in [0.15, 0.2) is 18.3 Å². The quantitative estimate of drug-likeness (QED) is 0.773. The molecule has 1 aliphatic rings. The first-order valence-corrected chi connectivity index (χ1v) is 8.37. The number of hydrogen-bond acceptors (Lipinski definition) is 4. The summed E-state index contributed by atoms with van der Waals surface area (Å²) in [6.45, 7) is 5.03. The molecular weight excluding hydrogens is 262 g/mol. The molecule has 4 nitrogen and oxygen atoms in total. The zero-order chi connectivity index (χ0) is 14.9. The van der Waals surface area contributed by atoms with Crippen molar-refractivity contribution in [1.29, 1.82) is 0 Å². The second kappa shape index (κ2) is 9.00. The van der Waals surface area contributed by atoms with Crippen molar-refractivity contribution in [2.75, 3.05) is 25.0 Å². The standard InChI is InChI=1S/C17H29N3O/c1-2-9-18-17-13-15(8-10-19-17)14-20(11-12-21)16-6-4-3-5-7-16/h8,10,13,16,21H,2-7,9,11-12,14H2,1H3,(H,18,19). The average Bonchev–Trinajstić information content (AvgIpc) is 2.54. The van der Waals surface area contributed by atoms with Crippen molar-refractivity contribution in [3.63, 3.8) is 0 Å². The molecule has 0 amide bonds. The van der Waals surface area contributed by atoms with Crippen molar-refractivity contribution in [3.8, 4) is 0 Å². The number of hydrogen-bond donors (Lipinski definition) is 2. The van der Waals surface area contributed by atoms with E-state index < -0.39 is 0 Å². The highest BCUT2D eigenvalue weighted by molar-refractivity contribution is 5.37. The van der Waals surface area contributed by atoms with E-state index in [1.54, 1.807) is 0 Å². The summed E-state index contributed by atoms with van der Waals surface area (Å²) in [5.41, 5.74) is 1.28. The van der Waals surface area contributed by atoms with Crippen molar-refractivity contribution in [3.05, 3.63) is 23.9 Å². The molecule has 1 aliphatic carbocycles. The number of anilines is 1. The van der Waals surface area contributed by atoms with E-state index in [4.69, 9.17) is 0 Å². The predicted octanol–water partition coefficient (Wildman–Crippen LogP) is 3.03. The van der Waals surface area contributed by atoms with Gasteiger partial charge in [-0.3, -0.25) is 4.90 Å². The molecule has 0 aliphatic heterocycles. The summed E-state index contributed by atoms with van der Waals surface area (Å²) in [6.07, 6.45) is 9.54. The molecule has 2 rings (SSSR count). The fourth-order valence-corrected chi connectivity index (χ4v) is 3.12. The Kier molecular flexibility index (Phi) is 6.96. The highest BCUT2D eigenvalue weighted by atomic mass is 16.3. The minimum absolute atomic E-state index is 0.239. The molecule has 0 aromatic carbocycles. The first kappa shape index (κ1) is 16.2. The Hall–Kier alpha value is -1.13. The van der Waals surface area contributed by atoms with Crippen LogP contribution in [-0.2, 0) is 6.54 Å². The fraction of sp³-hybridized carbons (Fsp3) is 0.706. The van der Waals surface area contributed by atoms with E-state index in [1.165, 1.54) is 37.7 Å². The van der Waals surface area contributed by atoms with Crippen molar-refractivity contribution in [2.24, 2.45) is 0 Å². The van der Waals surface area contributed by atoms with E-state index in [0.29, 0.717) is 6.04 Å². The second-order valence-corrected chi connectivity index (χ2v) is 5.96. The lowest BCUT2D eigenvalue weighted by molar-refractivity contribution is 0.117. The van der Waals surface area contributed by atoms with E-state index in [-0.39, 0.29) is 6.61 Å². The first-order chi connectivity index (χ1) is 10.3. The Labute approximate surface area is 128 Å². The molecular formula is C17H29N3O. The number of aliphatic hydroxyl groups is 1. The van der Waals surface area contributed by atoms with Crippen LogP contribution < -0.4 is 5.32 Å². The van der Waals surface area contributed by atoms with Gasteiger partial charge in [-0.05, 0) is 37.0 Å². The Morgan fingerprint density at radius 2 is 2.14 bits per heavy atom. The summed E-state index contributed by atoms with van der Waals surface area (Å²) < 4.78 is 0. The molecule has 0 atom stereocenters. The molecule has 1 aromatic heterocycles. The average molecular weight is 291 g/mol. The molecule has 1 saturated carbocycles. The van der Waals surface area contributed by atoms with Crippen LogP contribution in [0.3, 0.4) is 0 Å². The van der Waals surface area contributed by atoms with Gasteiger partial charge in [0.2, 0.25) is 0 Å². The topological polar surface area (TPSA) is 48.4 Å². The van der Waals surface area contributed by atoms with Crippen molar-refractivity contribution >= 4 is 5.82 Å². The van der Waals surface area contributed by atoms with E-state index in [2.05, 4.69) is 34.3 Å². The molecule has 0 bridgehead atoms.